The topological polar surface area (TPSA) is 150 Å². The molecule has 0 aromatic carbocycles. The molecule has 40 heavy (non-hydrogen) atoms. The Kier molecular flexibility index (Phi) is 8.07. The van der Waals surface area contributed by atoms with Crippen LogP contribution in [0.5, 0.6) is 0 Å². The summed E-state index contributed by atoms with van der Waals surface area (Å²) in [6.45, 7) is 1.34. The Morgan fingerprint density at radius 2 is 2.08 bits per heavy atom. The first-order chi connectivity index (χ1) is 19.5. The molecule has 2 fully saturated rings. The summed E-state index contributed by atoms with van der Waals surface area (Å²) in [5, 5.41) is 15.7. The molecule has 2 aromatic heterocycles. The second-order valence-electron chi connectivity index (χ2n) is 10.1. The number of pyridine rings is 2. The van der Waals surface area contributed by atoms with E-state index in [9.17, 15) is 19.6 Å². The second-order valence-corrected chi connectivity index (χ2v) is 10.1. The smallest absolute Gasteiger partial charge is 0.328 e. The maximum atomic E-state index is 13.4. The first-order valence-corrected chi connectivity index (χ1v) is 13.3. The number of aldehydes is 1. The highest BCUT2D eigenvalue weighted by atomic mass is 16.5. The number of aryl methyl sites for hydroxylation is 1. The molecule has 3 atom stereocenters. The fraction of sp³-hybridized carbons (Fsp3) is 0.464. The molecule has 2 amide bonds. The quantitative estimate of drug-likeness (QED) is 0.374. The average molecular weight is 546 g/mol. The zero-order valence-electron chi connectivity index (χ0n) is 22.5. The number of rotatable bonds is 8. The predicted octanol–water partition coefficient (Wildman–Crippen LogP) is 2.67. The normalized spacial score (nSPS) is 21.6. The van der Waals surface area contributed by atoms with Crippen LogP contribution in [-0.2, 0) is 27.2 Å². The lowest BCUT2D eigenvalue weighted by atomic mass is 9.88. The van der Waals surface area contributed by atoms with Gasteiger partial charge in [0.25, 0.3) is 0 Å². The number of methoxy groups -OCH3 is 2. The summed E-state index contributed by atoms with van der Waals surface area (Å²) in [5.74, 6) is 2.68. The van der Waals surface area contributed by atoms with Gasteiger partial charge in [-0.3, -0.25) is 15.0 Å². The monoisotopic (exact) mass is 545 g/mol. The maximum absolute atomic E-state index is 13.4. The Morgan fingerprint density at radius 3 is 2.75 bits per heavy atom. The highest BCUT2D eigenvalue weighted by Crippen LogP contribution is 2.32. The average Bonchev–Trinajstić information content (AvgIpc) is 3.36. The number of nitrogens with one attached hydrogen (secondary N) is 2. The fourth-order valence-electron chi connectivity index (χ4n) is 5.47. The van der Waals surface area contributed by atoms with Crippen LogP contribution in [0.2, 0.25) is 0 Å². The van der Waals surface area contributed by atoms with Gasteiger partial charge < -0.3 is 19.7 Å². The highest BCUT2D eigenvalue weighted by Gasteiger charge is 2.33. The molecular weight excluding hydrogens is 514 g/mol. The van der Waals surface area contributed by atoms with Gasteiger partial charge in [-0.15, -0.1) is 0 Å². The van der Waals surface area contributed by atoms with Crippen LogP contribution in [0, 0.1) is 11.3 Å². The minimum atomic E-state index is -0.437. The molecule has 1 saturated carbocycles. The van der Waals surface area contributed by atoms with Crippen LogP contribution in [0.1, 0.15) is 52.9 Å². The first kappa shape index (κ1) is 27.3. The lowest BCUT2D eigenvalue weighted by molar-refractivity contribution is 0.0286. The number of fused-ring (bicyclic) bond motifs is 1. The Bertz CT molecular complexity index is 1400. The van der Waals surface area contributed by atoms with Crippen LogP contribution in [-0.4, -0.2) is 78.7 Å². The number of nitriles is 1. The molecule has 12 heteroatoms. The third-order valence-corrected chi connectivity index (χ3v) is 7.80. The Balaban J connectivity index is 1.35. The van der Waals surface area contributed by atoms with Crippen LogP contribution < -0.4 is 15.5 Å². The molecule has 3 aliphatic rings. The molecule has 1 aliphatic carbocycles. The molecule has 0 spiro atoms. The van der Waals surface area contributed by atoms with Crippen LogP contribution in [0.4, 0.5) is 22.1 Å². The van der Waals surface area contributed by atoms with Crippen LogP contribution in [0.3, 0.4) is 0 Å². The number of carbonyl (C=O) groups excluding carboxylic acids is 3. The van der Waals surface area contributed by atoms with Gasteiger partial charge in [0.15, 0.2) is 6.29 Å². The van der Waals surface area contributed by atoms with Crippen LogP contribution in [0.15, 0.2) is 24.0 Å². The number of amides is 2. The van der Waals surface area contributed by atoms with Crippen molar-refractivity contribution in [1.29, 1.82) is 5.26 Å². The van der Waals surface area contributed by atoms with E-state index in [1.54, 1.807) is 20.3 Å². The van der Waals surface area contributed by atoms with E-state index in [1.165, 1.54) is 11.1 Å². The number of urea groups is 1. The Labute approximate surface area is 232 Å². The third kappa shape index (κ3) is 5.27. The van der Waals surface area contributed by atoms with Gasteiger partial charge in [-0.2, -0.15) is 5.26 Å². The number of aromatic nitrogens is 2. The minimum absolute atomic E-state index is 0.0681. The summed E-state index contributed by atoms with van der Waals surface area (Å²) in [6.07, 6.45) is 5.78. The lowest BCUT2D eigenvalue weighted by Gasteiger charge is -2.36. The zero-order valence-corrected chi connectivity index (χ0v) is 22.5. The molecule has 2 aromatic rings. The number of hydrogen-bond acceptors (Lipinski definition) is 10. The Morgan fingerprint density at radius 1 is 1.23 bits per heavy atom. The fourth-order valence-corrected chi connectivity index (χ4v) is 5.47. The maximum Gasteiger partial charge on any atom is 0.328 e. The third-order valence-electron chi connectivity index (χ3n) is 7.80. The van der Waals surface area contributed by atoms with Gasteiger partial charge in [-0.1, -0.05) is 0 Å². The van der Waals surface area contributed by atoms with Crippen molar-refractivity contribution in [3.8, 4) is 6.07 Å². The van der Waals surface area contributed by atoms with E-state index < -0.39 is 6.03 Å². The van der Waals surface area contributed by atoms with Gasteiger partial charge >= 0.3 is 6.03 Å². The molecule has 0 bridgehead atoms. The lowest BCUT2D eigenvalue weighted by Crippen LogP contribution is -2.44. The van der Waals surface area contributed by atoms with Crippen molar-refractivity contribution < 1.29 is 23.9 Å². The van der Waals surface area contributed by atoms with Gasteiger partial charge in [0, 0.05) is 51.7 Å². The molecule has 1 saturated heterocycles. The van der Waals surface area contributed by atoms with E-state index in [2.05, 4.69) is 26.7 Å². The predicted molar refractivity (Wildman–Crippen MR) is 146 cm³/mol. The molecular formula is C28H31N7O5. The summed E-state index contributed by atoms with van der Waals surface area (Å²) >= 11 is 0. The van der Waals surface area contributed by atoms with E-state index in [0.717, 1.165) is 18.4 Å². The van der Waals surface area contributed by atoms with Crippen molar-refractivity contribution in [2.45, 2.75) is 56.9 Å². The highest BCUT2D eigenvalue weighted by molar-refractivity contribution is 6.01. The van der Waals surface area contributed by atoms with E-state index in [-0.39, 0.29) is 29.8 Å². The summed E-state index contributed by atoms with van der Waals surface area (Å²) in [4.78, 5) is 49.1. The van der Waals surface area contributed by atoms with Gasteiger partial charge in [0.1, 0.15) is 41.1 Å². The van der Waals surface area contributed by atoms with Crippen molar-refractivity contribution in [2.75, 3.05) is 42.8 Å². The van der Waals surface area contributed by atoms with Gasteiger partial charge in [-0.25, -0.2) is 19.6 Å². The van der Waals surface area contributed by atoms with Crippen molar-refractivity contribution in [1.82, 2.24) is 14.9 Å². The second kappa shape index (κ2) is 11.8. The summed E-state index contributed by atoms with van der Waals surface area (Å²) < 4.78 is 10.8. The summed E-state index contributed by atoms with van der Waals surface area (Å²) in [6, 6.07) is 5.30. The van der Waals surface area contributed by atoms with E-state index >= 15 is 0 Å². The molecule has 0 unspecified atom stereocenters. The molecule has 0 radical (unpaired) electrons. The van der Waals surface area contributed by atoms with Gasteiger partial charge in [-0.05, 0) is 43.7 Å². The number of likely N-dealkylation sites (tertiary alicyclic amines) is 1. The summed E-state index contributed by atoms with van der Waals surface area (Å²) in [5.41, 5.74) is 3.10. The largest absolute Gasteiger partial charge is 0.379 e. The van der Waals surface area contributed by atoms with Crippen molar-refractivity contribution in [2.24, 2.45) is 0 Å². The van der Waals surface area contributed by atoms with Gasteiger partial charge in [0.05, 0.1) is 23.4 Å². The van der Waals surface area contributed by atoms with Crippen LogP contribution in [0.25, 0.3) is 0 Å². The number of anilines is 3. The SMILES string of the molecule is CO[C@@H]1CCN(Cc2cc3c(nc2C=O)N(C(=O)Nc2cc(N[C@@H]4CC[C@H]4OC)c(C#N)cn2)CCC3)C1=C=O. The van der Waals surface area contributed by atoms with E-state index in [0.29, 0.717) is 73.5 Å². The molecule has 12 nitrogen and oxygen atoms in total. The molecule has 4 heterocycles. The zero-order chi connectivity index (χ0) is 28.2. The molecule has 2 aliphatic heterocycles. The molecule has 5 rings (SSSR count). The molecule has 208 valence electrons. The number of hydrogen-bond donors (Lipinski definition) is 2. The van der Waals surface area contributed by atoms with E-state index in [1.807, 2.05) is 16.9 Å². The Hall–Kier alpha value is -4.30. The van der Waals surface area contributed by atoms with Crippen molar-refractivity contribution in [3.05, 3.63) is 46.4 Å². The number of carbonyl (C=O) groups is 2. The first-order valence-electron chi connectivity index (χ1n) is 13.3. The minimum Gasteiger partial charge on any atom is -0.379 e. The summed E-state index contributed by atoms with van der Waals surface area (Å²) in [7, 11) is 3.21. The van der Waals surface area contributed by atoms with E-state index in [4.69, 9.17) is 9.47 Å². The standard InChI is InChI=1S/C28H31N7O5/c1-39-24-6-5-20(24)31-21-11-26(30-13-19(21)12-29)33-28(38)35-8-3-4-17-10-18(22(15-36)32-27(17)35)14-34-9-7-25(40-2)23(34)16-37/h10-11,13,15,20,24-25H,3-9,14H2,1-2H3,(H2,30,31,33,38)/t20-,24-,25-/m1/s1. The van der Waals surface area contributed by atoms with Crippen molar-refractivity contribution in [3.63, 3.8) is 0 Å². The molecule has 2 N–H and O–H groups in total. The number of nitrogens with zero attached hydrogens (tertiary/aromatic N) is 5. The number of ether oxygens (including phenoxy) is 2. The van der Waals surface area contributed by atoms with Crippen molar-refractivity contribution >= 4 is 35.6 Å². The van der Waals surface area contributed by atoms with Gasteiger partial charge in [0.2, 0.25) is 0 Å². The van der Waals surface area contributed by atoms with Crippen LogP contribution >= 0.6 is 0 Å².